The highest BCUT2D eigenvalue weighted by atomic mass is 19.1. The molecule has 1 aromatic heterocycles. The van der Waals surface area contributed by atoms with E-state index < -0.39 is 17.2 Å². The highest BCUT2D eigenvalue weighted by Gasteiger charge is 2.31. The van der Waals surface area contributed by atoms with E-state index in [1.165, 1.54) is 12.3 Å². The molecule has 0 atom stereocenters. The van der Waals surface area contributed by atoms with Crippen molar-refractivity contribution in [3.05, 3.63) is 39.4 Å². The Bertz CT molecular complexity index is 1050. The first-order valence-electron chi connectivity index (χ1n) is 10.7. The molecular formula is C22H26FN3O4. The number of likely N-dealkylation sites (tertiary alicyclic amines) is 1. The standard InChI is InChI=1S/C22H26FN3O4/c23-18-11-15-19(26(14-3-4-14)13-17(21(15)27)22(28)29)16(12-24-5-1-2-6-24)20(18)25-7-9-30-10-8-25/h11,13-14H,1-10,12H2,(H,28,29). The normalized spacial score (nSPS) is 20.2. The number of morpholine rings is 1. The van der Waals surface area contributed by atoms with E-state index in [1.54, 1.807) is 0 Å². The molecule has 1 aromatic carbocycles. The molecule has 0 radical (unpaired) electrons. The van der Waals surface area contributed by atoms with E-state index in [9.17, 15) is 14.7 Å². The number of carboxylic acid groups (broad SMARTS) is 1. The number of rotatable bonds is 5. The number of nitrogens with zero attached hydrogens (tertiary/aromatic N) is 3. The Hall–Kier alpha value is -2.45. The Morgan fingerprint density at radius 1 is 1.17 bits per heavy atom. The number of aromatic nitrogens is 1. The van der Waals surface area contributed by atoms with Crippen LogP contribution in [0.4, 0.5) is 10.1 Å². The molecule has 2 aliphatic heterocycles. The van der Waals surface area contributed by atoms with Gasteiger partial charge in [-0.2, -0.15) is 0 Å². The van der Waals surface area contributed by atoms with Crippen molar-refractivity contribution < 1.29 is 19.0 Å². The lowest BCUT2D eigenvalue weighted by Gasteiger charge is -2.33. The zero-order chi connectivity index (χ0) is 20.8. The number of fused-ring (bicyclic) bond motifs is 1. The lowest BCUT2D eigenvalue weighted by molar-refractivity contribution is 0.0695. The van der Waals surface area contributed by atoms with Gasteiger partial charge < -0.3 is 19.3 Å². The summed E-state index contributed by atoms with van der Waals surface area (Å²) in [7, 11) is 0. The van der Waals surface area contributed by atoms with Crippen LogP contribution in [0.3, 0.4) is 0 Å². The third-order valence-corrected chi connectivity index (χ3v) is 6.42. The van der Waals surface area contributed by atoms with Crippen molar-refractivity contribution >= 4 is 22.6 Å². The van der Waals surface area contributed by atoms with Crippen LogP contribution in [-0.2, 0) is 11.3 Å². The fourth-order valence-corrected chi connectivity index (χ4v) is 4.79. The molecule has 160 valence electrons. The molecule has 3 fully saturated rings. The van der Waals surface area contributed by atoms with Gasteiger partial charge in [-0.25, -0.2) is 9.18 Å². The number of pyridine rings is 1. The SMILES string of the molecule is O=C(O)c1cn(C2CC2)c2c(CN3CCCC3)c(N3CCOCC3)c(F)cc2c1=O. The summed E-state index contributed by atoms with van der Waals surface area (Å²) in [6.07, 6.45) is 5.56. The van der Waals surface area contributed by atoms with Crippen molar-refractivity contribution in [2.75, 3.05) is 44.3 Å². The van der Waals surface area contributed by atoms with Gasteiger partial charge in [0.2, 0.25) is 5.43 Å². The van der Waals surface area contributed by atoms with Gasteiger partial charge >= 0.3 is 5.97 Å². The maximum absolute atomic E-state index is 15.5. The highest BCUT2D eigenvalue weighted by molar-refractivity contribution is 5.95. The summed E-state index contributed by atoms with van der Waals surface area (Å²) in [5.41, 5.74) is 1.14. The molecule has 8 heteroatoms. The van der Waals surface area contributed by atoms with Gasteiger partial charge in [0.1, 0.15) is 11.4 Å². The lowest BCUT2D eigenvalue weighted by atomic mass is 10.0. The number of carboxylic acids is 1. The Morgan fingerprint density at radius 3 is 2.50 bits per heavy atom. The van der Waals surface area contributed by atoms with Gasteiger partial charge in [0, 0.05) is 42.8 Å². The Morgan fingerprint density at radius 2 is 1.87 bits per heavy atom. The molecule has 2 saturated heterocycles. The monoisotopic (exact) mass is 415 g/mol. The average molecular weight is 415 g/mol. The summed E-state index contributed by atoms with van der Waals surface area (Å²) in [6.45, 7) is 4.71. The molecule has 30 heavy (non-hydrogen) atoms. The molecule has 0 bridgehead atoms. The molecule has 3 aliphatic rings. The molecule has 2 aromatic rings. The molecular weight excluding hydrogens is 389 g/mol. The van der Waals surface area contributed by atoms with Crippen LogP contribution in [0, 0.1) is 5.82 Å². The van der Waals surface area contributed by atoms with Crippen molar-refractivity contribution in [2.45, 2.75) is 38.3 Å². The third kappa shape index (κ3) is 3.37. The van der Waals surface area contributed by atoms with E-state index >= 15 is 4.39 Å². The summed E-state index contributed by atoms with van der Waals surface area (Å²) in [4.78, 5) is 29.0. The third-order valence-electron chi connectivity index (χ3n) is 6.42. The molecule has 1 saturated carbocycles. The van der Waals surface area contributed by atoms with Crippen LogP contribution in [0.2, 0.25) is 0 Å². The van der Waals surface area contributed by atoms with Gasteiger partial charge in [0.15, 0.2) is 0 Å². The number of carbonyl (C=O) groups is 1. The number of halogens is 1. The van der Waals surface area contributed by atoms with Crippen LogP contribution >= 0.6 is 0 Å². The van der Waals surface area contributed by atoms with Gasteiger partial charge in [-0.1, -0.05) is 0 Å². The summed E-state index contributed by atoms with van der Waals surface area (Å²) in [5, 5.41) is 9.71. The number of benzene rings is 1. The van der Waals surface area contributed by atoms with Crippen molar-refractivity contribution in [1.29, 1.82) is 0 Å². The number of ether oxygens (including phenoxy) is 1. The van der Waals surface area contributed by atoms with Crippen LogP contribution in [0.25, 0.3) is 10.9 Å². The lowest BCUT2D eigenvalue weighted by Crippen LogP contribution is -2.38. The zero-order valence-corrected chi connectivity index (χ0v) is 16.9. The van der Waals surface area contributed by atoms with Crippen LogP contribution in [0.15, 0.2) is 17.1 Å². The fraction of sp³-hybridized carbons (Fsp3) is 0.545. The molecule has 1 aliphatic carbocycles. The van der Waals surface area contributed by atoms with E-state index in [0.29, 0.717) is 44.1 Å². The Labute approximate surface area is 173 Å². The van der Waals surface area contributed by atoms with Crippen LogP contribution in [0.1, 0.15) is 47.6 Å². The van der Waals surface area contributed by atoms with Gasteiger partial charge in [-0.15, -0.1) is 0 Å². The van der Waals surface area contributed by atoms with E-state index in [1.807, 2.05) is 9.47 Å². The van der Waals surface area contributed by atoms with Crippen LogP contribution in [-0.4, -0.2) is 59.9 Å². The van der Waals surface area contributed by atoms with Gasteiger partial charge in [0.25, 0.3) is 0 Å². The smallest absolute Gasteiger partial charge is 0.341 e. The van der Waals surface area contributed by atoms with E-state index in [-0.39, 0.29) is 17.0 Å². The molecule has 7 nitrogen and oxygen atoms in total. The minimum atomic E-state index is -1.27. The van der Waals surface area contributed by atoms with Crippen molar-refractivity contribution in [1.82, 2.24) is 9.47 Å². The Balaban J connectivity index is 1.79. The molecule has 1 N–H and O–H groups in total. The number of aromatic carboxylic acids is 1. The molecule has 0 amide bonds. The topological polar surface area (TPSA) is 75.0 Å². The maximum Gasteiger partial charge on any atom is 0.341 e. The first kappa shape index (κ1) is 19.5. The van der Waals surface area contributed by atoms with Crippen LogP contribution < -0.4 is 10.3 Å². The Kier molecular flexibility index (Phi) is 4.99. The van der Waals surface area contributed by atoms with E-state index in [2.05, 4.69) is 4.90 Å². The van der Waals surface area contributed by atoms with Gasteiger partial charge in [-0.05, 0) is 44.8 Å². The number of anilines is 1. The first-order valence-corrected chi connectivity index (χ1v) is 10.7. The minimum absolute atomic E-state index is 0.159. The summed E-state index contributed by atoms with van der Waals surface area (Å²) < 4.78 is 22.9. The average Bonchev–Trinajstić information content (AvgIpc) is 3.45. The quantitative estimate of drug-likeness (QED) is 0.809. The summed E-state index contributed by atoms with van der Waals surface area (Å²) in [5.74, 6) is -1.73. The molecule has 0 spiro atoms. The van der Waals surface area contributed by atoms with Crippen LogP contribution in [0.5, 0.6) is 0 Å². The molecule has 5 rings (SSSR count). The van der Waals surface area contributed by atoms with Crippen molar-refractivity contribution in [3.8, 4) is 0 Å². The van der Waals surface area contributed by atoms with Gasteiger partial charge in [-0.3, -0.25) is 9.69 Å². The number of hydrogen-bond donors (Lipinski definition) is 1. The minimum Gasteiger partial charge on any atom is -0.477 e. The largest absolute Gasteiger partial charge is 0.477 e. The highest BCUT2D eigenvalue weighted by Crippen LogP contribution is 2.41. The number of hydrogen-bond acceptors (Lipinski definition) is 5. The molecule has 0 unspecified atom stereocenters. The second-order valence-electron chi connectivity index (χ2n) is 8.48. The second kappa shape index (κ2) is 7.67. The van der Waals surface area contributed by atoms with E-state index in [4.69, 9.17) is 4.74 Å². The second-order valence-corrected chi connectivity index (χ2v) is 8.48. The summed E-state index contributed by atoms with van der Waals surface area (Å²) >= 11 is 0. The summed E-state index contributed by atoms with van der Waals surface area (Å²) in [6, 6.07) is 1.41. The van der Waals surface area contributed by atoms with Crippen molar-refractivity contribution in [3.63, 3.8) is 0 Å². The van der Waals surface area contributed by atoms with Gasteiger partial charge in [0.05, 0.1) is 24.4 Å². The van der Waals surface area contributed by atoms with E-state index in [0.717, 1.165) is 44.3 Å². The molecule has 3 heterocycles. The first-order chi connectivity index (χ1) is 14.5. The predicted octanol–water partition coefficient (Wildman–Crippen LogP) is 2.61. The fourth-order valence-electron chi connectivity index (χ4n) is 4.79. The maximum atomic E-state index is 15.5. The van der Waals surface area contributed by atoms with Crippen molar-refractivity contribution in [2.24, 2.45) is 0 Å². The zero-order valence-electron chi connectivity index (χ0n) is 16.9. The predicted molar refractivity (Wildman–Crippen MR) is 111 cm³/mol.